The van der Waals surface area contributed by atoms with Crippen LogP contribution in [0.3, 0.4) is 0 Å². The largest absolute Gasteiger partial charge is 0.394 e. The predicted octanol–water partition coefficient (Wildman–Crippen LogP) is 1.39. The molecule has 1 saturated carbocycles. The molecule has 1 heterocycles. The SMILES string of the molecule is Cc1cncc(CNC2(CO)CCC2)c1. The van der Waals surface area contributed by atoms with Crippen molar-refractivity contribution in [3.8, 4) is 0 Å². The molecule has 0 radical (unpaired) electrons. The lowest BCUT2D eigenvalue weighted by Gasteiger charge is -2.41. The Morgan fingerprint density at radius 3 is 2.80 bits per heavy atom. The van der Waals surface area contributed by atoms with Crippen LogP contribution in [0.4, 0.5) is 0 Å². The van der Waals surface area contributed by atoms with Crippen molar-refractivity contribution in [2.45, 2.75) is 38.3 Å². The number of aromatic nitrogens is 1. The van der Waals surface area contributed by atoms with E-state index in [1.54, 1.807) is 0 Å². The van der Waals surface area contributed by atoms with Gasteiger partial charge >= 0.3 is 0 Å². The highest BCUT2D eigenvalue weighted by molar-refractivity contribution is 5.17. The van der Waals surface area contributed by atoms with Gasteiger partial charge in [-0.25, -0.2) is 0 Å². The number of aliphatic hydroxyl groups excluding tert-OH is 1. The van der Waals surface area contributed by atoms with Gasteiger partial charge in [0.2, 0.25) is 0 Å². The Labute approximate surface area is 90.5 Å². The molecule has 2 rings (SSSR count). The van der Waals surface area contributed by atoms with Crippen LogP contribution in [-0.2, 0) is 6.54 Å². The first-order valence-corrected chi connectivity index (χ1v) is 5.51. The maximum Gasteiger partial charge on any atom is 0.0613 e. The Kier molecular flexibility index (Phi) is 3.03. The topological polar surface area (TPSA) is 45.2 Å². The van der Waals surface area contributed by atoms with Gasteiger partial charge in [0, 0.05) is 24.5 Å². The molecule has 15 heavy (non-hydrogen) atoms. The molecule has 0 spiro atoms. The van der Waals surface area contributed by atoms with Crippen molar-refractivity contribution in [2.24, 2.45) is 0 Å². The van der Waals surface area contributed by atoms with Crippen LogP contribution in [-0.4, -0.2) is 22.2 Å². The van der Waals surface area contributed by atoms with E-state index in [1.165, 1.54) is 17.5 Å². The number of hydrogen-bond donors (Lipinski definition) is 2. The second-order valence-corrected chi connectivity index (χ2v) is 4.52. The number of aryl methyl sites for hydroxylation is 1. The third kappa shape index (κ3) is 2.36. The van der Waals surface area contributed by atoms with Crippen molar-refractivity contribution in [1.82, 2.24) is 10.3 Å². The van der Waals surface area contributed by atoms with Gasteiger partial charge in [-0.15, -0.1) is 0 Å². The molecule has 2 N–H and O–H groups in total. The van der Waals surface area contributed by atoms with Crippen LogP contribution in [0.15, 0.2) is 18.5 Å². The number of nitrogens with zero attached hydrogens (tertiary/aromatic N) is 1. The van der Waals surface area contributed by atoms with Crippen molar-refractivity contribution in [3.63, 3.8) is 0 Å². The Morgan fingerprint density at radius 2 is 2.27 bits per heavy atom. The summed E-state index contributed by atoms with van der Waals surface area (Å²) in [4.78, 5) is 4.15. The smallest absolute Gasteiger partial charge is 0.0613 e. The fourth-order valence-electron chi connectivity index (χ4n) is 2.00. The van der Waals surface area contributed by atoms with Gasteiger partial charge in [0.15, 0.2) is 0 Å². The first-order valence-electron chi connectivity index (χ1n) is 5.51. The zero-order valence-corrected chi connectivity index (χ0v) is 9.16. The van der Waals surface area contributed by atoms with E-state index >= 15 is 0 Å². The van der Waals surface area contributed by atoms with E-state index in [0.717, 1.165) is 19.4 Å². The van der Waals surface area contributed by atoms with Gasteiger partial charge in [0.25, 0.3) is 0 Å². The highest BCUT2D eigenvalue weighted by Crippen LogP contribution is 2.31. The summed E-state index contributed by atoms with van der Waals surface area (Å²) in [6.45, 7) is 3.09. The van der Waals surface area contributed by atoms with Gasteiger partial charge in [-0.05, 0) is 37.3 Å². The van der Waals surface area contributed by atoms with E-state index in [9.17, 15) is 5.11 Å². The summed E-state index contributed by atoms with van der Waals surface area (Å²) in [7, 11) is 0. The minimum atomic E-state index is -0.0102. The van der Waals surface area contributed by atoms with Gasteiger partial charge in [0.1, 0.15) is 0 Å². The molecule has 1 aromatic rings. The number of rotatable bonds is 4. The van der Waals surface area contributed by atoms with Gasteiger partial charge in [-0.1, -0.05) is 6.07 Å². The first kappa shape index (κ1) is 10.6. The molecule has 0 aliphatic heterocycles. The summed E-state index contributed by atoms with van der Waals surface area (Å²) in [6.07, 6.45) is 7.13. The summed E-state index contributed by atoms with van der Waals surface area (Å²) < 4.78 is 0. The second-order valence-electron chi connectivity index (χ2n) is 4.52. The molecule has 0 bridgehead atoms. The summed E-state index contributed by atoms with van der Waals surface area (Å²) in [5, 5.41) is 12.7. The fourth-order valence-corrected chi connectivity index (χ4v) is 2.00. The lowest BCUT2D eigenvalue weighted by atomic mass is 9.77. The summed E-state index contributed by atoms with van der Waals surface area (Å²) >= 11 is 0. The van der Waals surface area contributed by atoms with E-state index in [-0.39, 0.29) is 12.1 Å². The normalized spacial score (nSPS) is 18.5. The number of nitrogens with one attached hydrogen (secondary N) is 1. The van der Waals surface area contributed by atoms with E-state index in [2.05, 4.69) is 16.4 Å². The molecule has 1 aliphatic carbocycles. The molecule has 1 aromatic heterocycles. The molecule has 0 saturated heterocycles. The monoisotopic (exact) mass is 206 g/mol. The van der Waals surface area contributed by atoms with Crippen LogP contribution in [0, 0.1) is 6.92 Å². The van der Waals surface area contributed by atoms with Crippen LogP contribution in [0.5, 0.6) is 0 Å². The first-order chi connectivity index (χ1) is 7.24. The summed E-state index contributed by atoms with van der Waals surface area (Å²) in [5.41, 5.74) is 2.36. The van der Waals surface area contributed by atoms with E-state index in [0.29, 0.717) is 0 Å². The van der Waals surface area contributed by atoms with Crippen molar-refractivity contribution in [1.29, 1.82) is 0 Å². The molecule has 0 atom stereocenters. The minimum absolute atomic E-state index is 0.0102. The summed E-state index contributed by atoms with van der Waals surface area (Å²) in [5.74, 6) is 0. The molecule has 3 nitrogen and oxygen atoms in total. The molecular weight excluding hydrogens is 188 g/mol. The molecule has 82 valence electrons. The van der Waals surface area contributed by atoms with Crippen molar-refractivity contribution < 1.29 is 5.11 Å². The highest BCUT2D eigenvalue weighted by atomic mass is 16.3. The number of pyridine rings is 1. The maximum atomic E-state index is 9.29. The zero-order valence-electron chi connectivity index (χ0n) is 9.16. The Balaban J connectivity index is 1.92. The molecular formula is C12H18N2O. The van der Waals surface area contributed by atoms with Crippen molar-refractivity contribution in [3.05, 3.63) is 29.6 Å². The molecule has 1 fully saturated rings. The predicted molar refractivity (Wildman–Crippen MR) is 59.5 cm³/mol. The van der Waals surface area contributed by atoms with Gasteiger partial charge in [-0.2, -0.15) is 0 Å². The second kappa shape index (κ2) is 4.29. The lowest BCUT2D eigenvalue weighted by Crippen LogP contribution is -2.53. The van der Waals surface area contributed by atoms with Crippen LogP contribution >= 0.6 is 0 Å². The van der Waals surface area contributed by atoms with E-state index < -0.39 is 0 Å². The van der Waals surface area contributed by atoms with Gasteiger partial charge < -0.3 is 10.4 Å². The Hall–Kier alpha value is -0.930. The quantitative estimate of drug-likeness (QED) is 0.782. The summed E-state index contributed by atoms with van der Waals surface area (Å²) in [6, 6.07) is 2.13. The van der Waals surface area contributed by atoms with E-state index in [4.69, 9.17) is 0 Å². The molecule has 0 unspecified atom stereocenters. The Bertz CT molecular complexity index is 329. The minimum Gasteiger partial charge on any atom is -0.394 e. The van der Waals surface area contributed by atoms with Crippen molar-refractivity contribution >= 4 is 0 Å². The third-order valence-electron chi connectivity index (χ3n) is 3.21. The average molecular weight is 206 g/mol. The van der Waals surface area contributed by atoms with Crippen LogP contribution in [0.1, 0.15) is 30.4 Å². The zero-order chi connectivity index (χ0) is 10.7. The van der Waals surface area contributed by atoms with Crippen molar-refractivity contribution in [2.75, 3.05) is 6.61 Å². The van der Waals surface area contributed by atoms with Crippen LogP contribution in [0.2, 0.25) is 0 Å². The molecule has 0 aromatic carbocycles. The third-order valence-corrected chi connectivity index (χ3v) is 3.21. The highest BCUT2D eigenvalue weighted by Gasteiger charge is 2.35. The van der Waals surface area contributed by atoms with Crippen LogP contribution in [0.25, 0.3) is 0 Å². The van der Waals surface area contributed by atoms with Gasteiger partial charge in [-0.3, -0.25) is 4.98 Å². The van der Waals surface area contributed by atoms with Crippen LogP contribution < -0.4 is 5.32 Å². The standard InChI is InChI=1S/C12H18N2O/c1-10-5-11(7-13-6-10)8-14-12(9-15)3-2-4-12/h5-7,14-15H,2-4,8-9H2,1H3. The maximum absolute atomic E-state index is 9.29. The fraction of sp³-hybridized carbons (Fsp3) is 0.583. The Morgan fingerprint density at radius 1 is 1.47 bits per heavy atom. The van der Waals surface area contributed by atoms with E-state index in [1.807, 2.05) is 19.3 Å². The number of hydrogen-bond acceptors (Lipinski definition) is 3. The molecule has 3 heteroatoms. The average Bonchev–Trinajstić information content (AvgIpc) is 2.17. The van der Waals surface area contributed by atoms with Gasteiger partial charge in [0.05, 0.1) is 6.61 Å². The number of aliphatic hydroxyl groups is 1. The lowest BCUT2D eigenvalue weighted by molar-refractivity contribution is 0.0872. The molecule has 0 amide bonds. The molecule has 1 aliphatic rings.